The van der Waals surface area contributed by atoms with Crippen molar-refractivity contribution in [3.05, 3.63) is 236 Å². The fourth-order valence-electron chi connectivity index (χ4n) is 10.0. The topological polar surface area (TPSA) is 16.4 Å². The molecule has 0 aliphatic rings. The van der Waals surface area contributed by atoms with Gasteiger partial charge in [0.25, 0.3) is 0 Å². The van der Waals surface area contributed by atoms with Crippen molar-refractivity contribution in [2.75, 3.05) is 4.90 Å². The van der Waals surface area contributed by atoms with Crippen molar-refractivity contribution in [2.45, 2.75) is 52.4 Å². The normalized spacial score (nSPS) is 12.0. The van der Waals surface area contributed by atoms with Crippen LogP contribution in [-0.4, -0.2) is 0 Å². The molecule has 0 spiro atoms. The Morgan fingerprint density at radius 3 is 1.37 bits per heavy atom. The monoisotopic (exact) mass is 877 g/mol. The van der Waals surface area contributed by atoms with E-state index < -0.39 is 0 Å². The Bertz CT molecular complexity index is 3600. The van der Waals surface area contributed by atoms with Gasteiger partial charge in [0.05, 0.1) is 17.1 Å². The molecule has 10 aromatic carbocycles. The number of para-hydroxylation sites is 4. The van der Waals surface area contributed by atoms with Crippen LogP contribution in [0.4, 0.5) is 17.1 Å². The molecule has 0 saturated heterocycles. The molecule has 330 valence electrons. The number of furan rings is 1. The Kier molecular flexibility index (Phi) is 10.7. The van der Waals surface area contributed by atoms with E-state index >= 15 is 0 Å². The molecular formula is C66H55NO. The summed E-state index contributed by atoms with van der Waals surface area (Å²) < 4.78 is 6.51. The minimum atomic E-state index is -0.0216. The van der Waals surface area contributed by atoms with Gasteiger partial charge in [-0.2, -0.15) is 0 Å². The molecule has 2 heteroatoms. The van der Waals surface area contributed by atoms with Gasteiger partial charge in [-0.25, -0.2) is 0 Å². The first-order chi connectivity index (χ1) is 33.0. The average Bonchev–Trinajstić information content (AvgIpc) is 3.75. The number of hydrogen-bond acceptors (Lipinski definition) is 2. The summed E-state index contributed by atoms with van der Waals surface area (Å²) in [7, 11) is 0. The summed E-state index contributed by atoms with van der Waals surface area (Å²) in [5, 5.41) is 4.66. The Morgan fingerprint density at radius 2 is 0.750 bits per heavy atom. The van der Waals surface area contributed by atoms with Crippen LogP contribution in [0, 0.1) is 0 Å². The maximum absolute atomic E-state index is 6.51. The number of hydrogen-bond donors (Lipinski definition) is 0. The quantitative estimate of drug-likeness (QED) is 0.151. The van der Waals surface area contributed by atoms with Crippen molar-refractivity contribution in [1.29, 1.82) is 0 Å². The van der Waals surface area contributed by atoms with Gasteiger partial charge >= 0.3 is 0 Å². The SMILES string of the molecule is CC(C)(C)c1cc(-c2cccc3cccc(-c4ccccc4N(c4ccccc4-c4ccc(-c5ccccc5)cc4)c4ccccc4-c4cccc5oc6ccccc6c45)c23)cc(C(C)(C)C)c1. The lowest BCUT2D eigenvalue weighted by molar-refractivity contribution is 0.569. The Hall–Kier alpha value is -7.94. The largest absolute Gasteiger partial charge is 0.456 e. The van der Waals surface area contributed by atoms with Crippen LogP contribution in [-0.2, 0) is 10.8 Å². The summed E-state index contributed by atoms with van der Waals surface area (Å²) in [5.74, 6) is 0. The molecule has 0 atom stereocenters. The molecule has 1 heterocycles. The lowest BCUT2D eigenvalue weighted by Gasteiger charge is -2.32. The van der Waals surface area contributed by atoms with Crippen LogP contribution < -0.4 is 4.90 Å². The Labute approximate surface area is 400 Å². The number of nitrogens with zero attached hydrogens (tertiary/aromatic N) is 1. The van der Waals surface area contributed by atoms with Gasteiger partial charge in [0.15, 0.2) is 0 Å². The van der Waals surface area contributed by atoms with Crippen molar-refractivity contribution < 1.29 is 4.42 Å². The second-order valence-corrected chi connectivity index (χ2v) is 20.1. The lowest BCUT2D eigenvalue weighted by Crippen LogP contribution is -2.16. The third-order valence-corrected chi connectivity index (χ3v) is 13.6. The summed E-state index contributed by atoms with van der Waals surface area (Å²) >= 11 is 0. The zero-order valence-corrected chi connectivity index (χ0v) is 39.7. The molecule has 0 N–H and O–H groups in total. The maximum Gasteiger partial charge on any atom is 0.136 e. The molecule has 0 aliphatic carbocycles. The molecule has 0 saturated carbocycles. The molecule has 2 nitrogen and oxygen atoms in total. The van der Waals surface area contributed by atoms with Gasteiger partial charge in [0, 0.05) is 27.5 Å². The van der Waals surface area contributed by atoms with Crippen molar-refractivity contribution in [2.24, 2.45) is 0 Å². The summed E-state index contributed by atoms with van der Waals surface area (Å²) in [5.41, 5.74) is 19.3. The summed E-state index contributed by atoms with van der Waals surface area (Å²) in [6.45, 7) is 13.9. The molecule has 0 bridgehead atoms. The highest BCUT2D eigenvalue weighted by Gasteiger charge is 2.27. The number of anilines is 3. The van der Waals surface area contributed by atoms with E-state index in [0.29, 0.717) is 0 Å². The second kappa shape index (κ2) is 17.0. The van der Waals surface area contributed by atoms with Gasteiger partial charge in [0.1, 0.15) is 11.2 Å². The minimum absolute atomic E-state index is 0.0216. The van der Waals surface area contributed by atoms with Gasteiger partial charge in [-0.15, -0.1) is 0 Å². The average molecular weight is 878 g/mol. The van der Waals surface area contributed by atoms with Gasteiger partial charge in [0.2, 0.25) is 0 Å². The van der Waals surface area contributed by atoms with Crippen LogP contribution in [0.25, 0.3) is 88.3 Å². The molecule has 11 aromatic rings. The predicted molar refractivity (Wildman–Crippen MR) is 290 cm³/mol. The molecule has 0 unspecified atom stereocenters. The van der Waals surface area contributed by atoms with Crippen LogP contribution >= 0.6 is 0 Å². The van der Waals surface area contributed by atoms with Crippen LogP contribution in [0.3, 0.4) is 0 Å². The smallest absolute Gasteiger partial charge is 0.136 e. The lowest BCUT2D eigenvalue weighted by atomic mass is 9.78. The first-order valence-corrected chi connectivity index (χ1v) is 23.8. The second-order valence-electron chi connectivity index (χ2n) is 20.1. The molecular weight excluding hydrogens is 823 g/mol. The fraction of sp³-hybridized carbons (Fsp3) is 0.121. The molecule has 1 aromatic heterocycles. The fourth-order valence-corrected chi connectivity index (χ4v) is 10.0. The molecule has 68 heavy (non-hydrogen) atoms. The van der Waals surface area contributed by atoms with E-state index in [4.69, 9.17) is 4.42 Å². The van der Waals surface area contributed by atoms with Crippen molar-refractivity contribution in [1.82, 2.24) is 0 Å². The molecule has 0 fully saturated rings. The van der Waals surface area contributed by atoms with E-state index in [0.717, 1.165) is 66.8 Å². The molecule has 0 amide bonds. The standard InChI is InChI=1S/C66H55NO/c1-65(2,3)49-41-48(42-50(43-49)66(4,5)6)52-29-18-23-47-24-19-30-55(63(47)52)53-26-11-15-33-59(53)67(58-32-14-10-25-51(58)46-39-37-45(38-40-46)44-21-8-7-9-22-44)60-34-16-12-27-54(60)56-31-20-36-62-64(56)57-28-13-17-35-61(57)68-62/h7-43H,1-6H3. The first-order valence-electron chi connectivity index (χ1n) is 23.8. The van der Waals surface area contributed by atoms with E-state index in [1.165, 1.54) is 49.7 Å². The third-order valence-electron chi connectivity index (χ3n) is 13.6. The number of fused-ring (bicyclic) bond motifs is 4. The van der Waals surface area contributed by atoms with E-state index in [9.17, 15) is 0 Å². The minimum Gasteiger partial charge on any atom is -0.456 e. The van der Waals surface area contributed by atoms with E-state index in [1.54, 1.807) is 0 Å². The van der Waals surface area contributed by atoms with Crippen molar-refractivity contribution in [3.8, 4) is 55.6 Å². The molecule has 0 radical (unpaired) electrons. The van der Waals surface area contributed by atoms with Gasteiger partial charge in [-0.05, 0) is 102 Å². The Morgan fingerprint density at radius 1 is 0.309 bits per heavy atom. The van der Waals surface area contributed by atoms with Crippen molar-refractivity contribution in [3.63, 3.8) is 0 Å². The van der Waals surface area contributed by atoms with Crippen LogP contribution in [0.1, 0.15) is 52.7 Å². The first kappa shape index (κ1) is 42.7. The summed E-state index contributed by atoms with van der Waals surface area (Å²) in [4.78, 5) is 2.51. The van der Waals surface area contributed by atoms with Gasteiger partial charge in [-0.1, -0.05) is 236 Å². The van der Waals surface area contributed by atoms with Crippen LogP contribution in [0.2, 0.25) is 0 Å². The van der Waals surface area contributed by atoms with Crippen LogP contribution in [0.15, 0.2) is 229 Å². The summed E-state index contributed by atoms with van der Waals surface area (Å²) in [6, 6.07) is 82.1. The predicted octanol–water partition coefficient (Wildman–Crippen LogP) is 19.1. The van der Waals surface area contributed by atoms with Gasteiger partial charge in [-0.3, -0.25) is 0 Å². The van der Waals surface area contributed by atoms with E-state index in [1.807, 2.05) is 6.07 Å². The van der Waals surface area contributed by atoms with Gasteiger partial charge < -0.3 is 9.32 Å². The zero-order valence-electron chi connectivity index (χ0n) is 39.7. The van der Waals surface area contributed by atoms with Crippen molar-refractivity contribution >= 4 is 49.8 Å². The highest BCUT2D eigenvalue weighted by Crippen LogP contribution is 2.51. The zero-order chi connectivity index (χ0) is 46.6. The van der Waals surface area contributed by atoms with Crippen LogP contribution in [0.5, 0.6) is 0 Å². The molecule has 11 rings (SSSR count). The Balaban J connectivity index is 1.18. The number of benzene rings is 10. The van der Waals surface area contributed by atoms with E-state index in [-0.39, 0.29) is 10.8 Å². The van der Waals surface area contributed by atoms with E-state index in [2.05, 4.69) is 265 Å². The highest BCUT2D eigenvalue weighted by atomic mass is 16.3. The summed E-state index contributed by atoms with van der Waals surface area (Å²) in [6.07, 6.45) is 0. The maximum atomic E-state index is 6.51. The highest BCUT2D eigenvalue weighted by molar-refractivity contribution is 6.15. The molecule has 0 aliphatic heterocycles. The number of rotatable bonds is 8. The third kappa shape index (κ3) is 7.76.